The first-order valence-corrected chi connectivity index (χ1v) is 19.9. The Morgan fingerprint density at radius 3 is 2.28 bits per heavy atom. The summed E-state index contributed by atoms with van der Waals surface area (Å²) < 4.78 is 44.5. The molecule has 314 valence electrons. The Balaban J connectivity index is 1.81. The van der Waals surface area contributed by atoms with E-state index in [1.54, 1.807) is 41.5 Å². The van der Waals surface area contributed by atoms with Gasteiger partial charge in [0, 0.05) is 44.5 Å². The van der Waals surface area contributed by atoms with Gasteiger partial charge in [-0.25, -0.2) is 0 Å². The van der Waals surface area contributed by atoms with Gasteiger partial charge in [0.05, 0.1) is 41.5 Å². The largest absolute Gasteiger partial charge is 0.506 e. The molecule has 0 spiro atoms. The third-order valence-electron chi connectivity index (χ3n) is 12.5. The average molecular weight is 774 g/mol. The van der Waals surface area contributed by atoms with E-state index >= 15 is 0 Å². The van der Waals surface area contributed by atoms with Gasteiger partial charge in [-0.3, -0.25) is 9.69 Å². The zero-order chi connectivity index (χ0) is 40.4. The van der Waals surface area contributed by atoms with E-state index in [2.05, 4.69) is 4.90 Å². The van der Waals surface area contributed by atoms with Crippen LogP contribution in [0.4, 0.5) is 0 Å². The van der Waals surface area contributed by atoms with Gasteiger partial charge >= 0.3 is 5.97 Å². The Morgan fingerprint density at radius 1 is 1.00 bits per heavy atom. The van der Waals surface area contributed by atoms with E-state index in [-0.39, 0.29) is 49.3 Å². The molecule has 0 aromatic carbocycles. The summed E-state index contributed by atoms with van der Waals surface area (Å²) in [6.07, 6.45) is -5.67. The molecule has 4 rings (SSSR count). The Hall–Kier alpha value is -1.47. The number of hydrogen-bond acceptors (Lipinski definition) is 15. The lowest BCUT2D eigenvalue weighted by Crippen LogP contribution is -2.59. The van der Waals surface area contributed by atoms with E-state index in [1.807, 2.05) is 39.8 Å². The molecule has 0 saturated carbocycles. The van der Waals surface area contributed by atoms with Crippen LogP contribution in [0, 0.1) is 17.8 Å². The molecule has 0 aromatic heterocycles. The lowest BCUT2D eigenvalue weighted by Gasteiger charge is -2.48. The summed E-state index contributed by atoms with van der Waals surface area (Å²) in [7, 11) is 5.37. The van der Waals surface area contributed by atoms with Crippen molar-refractivity contribution in [3.8, 4) is 0 Å². The molecule has 0 bridgehead atoms. The number of rotatable bonds is 8. The molecule has 0 aromatic rings. The Bertz CT molecular complexity index is 1270. The van der Waals surface area contributed by atoms with E-state index in [4.69, 9.17) is 38.9 Å². The highest BCUT2D eigenvalue weighted by Gasteiger charge is 2.54. The smallest absolute Gasteiger partial charge is 0.316 e. The van der Waals surface area contributed by atoms with Crippen LogP contribution >= 0.6 is 0 Å². The molecule has 4 aliphatic rings. The lowest BCUT2D eigenvalue weighted by molar-refractivity contribution is -0.315. The average Bonchev–Trinajstić information content (AvgIpc) is 3.42. The van der Waals surface area contributed by atoms with Gasteiger partial charge < -0.3 is 64.2 Å². The van der Waals surface area contributed by atoms with Crippen molar-refractivity contribution in [3.63, 3.8) is 0 Å². The number of esters is 1. The summed E-state index contributed by atoms with van der Waals surface area (Å²) in [5, 5.41) is 46.0. The third-order valence-corrected chi connectivity index (χ3v) is 12.5. The molecule has 54 heavy (non-hydrogen) atoms. The minimum atomic E-state index is -1.51. The van der Waals surface area contributed by atoms with Gasteiger partial charge in [-0.15, -0.1) is 0 Å². The summed E-state index contributed by atoms with van der Waals surface area (Å²) in [5.41, 5.74) is 3.42. The standard InChI is InChI=1S/C39H71N3O12/c1-13-27-31(44)30(43)24(6)41(10)19-20(2)17-38(8,47)35(54-37-33-26(16-21(3)49-37)42(11)28(52-33)14-15-40)22(4)32(23(5)36(46)51-27)53-29-18-39(9,48-12)34(45)25(7)50-29/h20-26,28-30,32-35,37,43-45,47H,13-19,40H2,1-12H3/b31-27+/t20-,21-,22+,23-,24-,25+,26+,28?,29+,30-,32+,33-,34+,35-,37+,38-,39-/m1/s1. The number of aliphatic hydroxyl groups is 4. The maximum Gasteiger partial charge on any atom is 0.316 e. The molecular weight excluding hydrogens is 702 g/mol. The van der Waals surface area contributed by atoms with Crippen LogP contribution in [0.5, 0.6) is 0 Å². The van der Waals surface area contributed by atoms with Crippen molar-refractivity contribution < 1.29 is 58.4 Å². The molecule has 6 N–H and O–H groups in total. The quantitative estimate of drug-likeness (QED) is 0.226. The molecule has 3 fully saturated rings. The van der Waals surface area contributed by atoms with Crippen molar-refractivity contribution in [2.75, 3.05) is 34.3 Å². The number of fused-ring (bicyclic) bond motifs is 1. The number of hydrogen-bond donors (Lipinski definition) is 5. The number of allylic oxidation sites excluding steroid dienone is 1. The number of methoxy groups -OCH3 is 1. The zero-order valence-electron chi connectivity index (χ0n) is 34.6. The fourth-order valence-electron chi connectivity index (χ4n) is 9.04. The van der Waals surface area contributed by atoms with E-state index in [1.165, 1.54) is 7.11 Å². The molecule has 0 radical (unpaired) electrons. The van der Waals surface area contributed by atoms with Crippen LogP contribution in [0.2, 0.25) is 0 Å². The fraction of sp³-hybridized carbons (Fsp3) is 0.923. The van der Waals surface area contributed by atoms with E-state index in [9.17, 15) is 25.2 Å². The number of carbonyl (C=O) groups excluding carboxylic acids is 1. The minimum Gasteiger partial charge on any atom is -0.506 e. The number of likely N-dealkylation sites (N-methyl/N-ethyl adjacent to an activating group) is 2. The van der Waals surface area contributed by atoms with Crippen LogP contribution in [0.1, 0.15) is 94.4 Å². The lowest BCUT2D eigenvalue weighted by atomic mass is 9.77. The summed E-state index contributed by atoms with van der Waals surface area (Å²) in [6.45, 7) is 17.2. The number of cyclic esters (lactones) is 1. The molecule has 4 aliphatic heterocycles. The van der Waals surface area contributed by atoms with Gasteiger partial charge in [0.25, 0.3) is 0 Å². The van der Waals surface area contributed by atoms with Crippen molar-refractivity contribution in [3.05, 3.63) is 11.5 Å². The molecule has 4 heterocycles. The van der Waals surface area contributed by atoms with Crippen LogP contribution in [0.15, 0.2) is 11.5 Å². The van der Waals surface area contributed by atoms with Crippen molar-refractivity contribution >= 4 is 5.97 Å². The van der Waals surface area contributed by atoms with Crippen LogP contribution in [-0.4, -0.2) is 155 Å². The summed E-state index contributed by atoms with van der Waals surface area (Å²) in [5.74, 6) is -3.00. The summed E-state index contributed by atoms with van der Waals surface area (Å²) >= 11 is 0. The van der Waals surface area contributed by atoms with Crippen LogP contribution < -0.4 is 5.73 Å². The predicted molar refractivity (Wildman–Crippen MR) is 200 cm³/mol. The van der Waals surface area contributed by atoms with Crippen LogP contribution in [0.3, 0.4) is 0 Å². The molecule has 15 heteroatoms. The molecule has 3 saturated heterocycles. The number of ether oxygens (including phenoxy) is 7. The van der Waals surface area contributed by atoms with Crippen molar-refractivity contribution in [2.24, 2.45) is 23.5 Å². The van der Waals surface area contributed by atoms with E-state index in [0.29, 0.717) is 19.5 Å². The van der Waals surface area contributed by atoms with Crippen molar-refractivity contribution in [1.82, 2.24) is 9.80 Å². The Labute approximate surface area is 322 Å². The third kappa shape index (κ3) is 9.79. The van der Waals surface area contributed by atoms with Gasteiger partial charge in [0.2, 0.25) is 0 Å². The predicted octanol–water partition coefficient (Wildman–Crippen LogP) is 2.63. The molecule has 0 aliphatic carbocycles. The number of aliphatic hydroxyl groups excluding tert-OH is 3. The normalized spacial score (nSPS) is 48.1. The van der Waals surface area contributed by atoms with E-state index in [0.717, 1.165) is 6.42 Å². The monoisotopic (exact) mass is 774 g/mol. The molecule has 17 atom stereocenters. The van der Waals surface area contributed by atoms with Crippen LogP contribution in [0.25, 0.3) is 0 Å². The maximum absolute atomic E-state index is 14.1. The molecule has 0 amide bonds. The zero-order valence-corrected chi connectivity index (χ0v) is 34.6. The summed E-state index contributed by atoms with van der Waals surface area (Å²) in [6, 6.07) is -0.563. The van der Waals surface area contributed by atoms with Crippen molar-refractivity contribution in [2.45, 2.75) is 179 Å². The molecule has 15 nitrogen and oxygen atoms in total. The Kier molecular flexibility index (Phi) is 15.4. The van der Waals surface area contributed by atoms with Gasteiger partial charge in [-0.05, 0) is 87.4 Å². The second-order valence-corrected chi connectivity index (χ2v) is 17.0. The number of nitrogens with zero attached hydrogens (tertiary/aromatic N) is 2. The first-order chi connectivity index (χ1) is 25.2. The van der Waals surface area contributed by atoms with Gasteiger partial charge in [-0.1, -0.05) is 20.8 Å². The van der Waals surface area contributed by atoms with Gasteiger partial charge in [0.15, 0.2) is 18.3 Å². The topological polar surface area (TPSA) is 195 Å². The Morgan fingerprint density at radius 2 is 1.67 bits per heavy atom. The molecule has 1 unspecified atom stereocenters. The second-order valence-electron chi connectivity index (χ2n) is 17.0. The van der Waals surface area contributed by atoms with Gasteiger partial charge in [0.1, 0.15) is 30.3 Å². The highest BCUT2D eigenvalue weighted by atomic mass is 16.7. The molecular formula is C39H71N3O12. The fourth-order valence-corrected chi connectivity index (χ4v) is 9.04. The first-order valence-electron chi connectivity index (χ1n) is 19.9. The summed E-state index contributed by atoms with van der Waals surface area (Å²) in [4.78, 5) is 18.2. The SMILES string of the molecule is CC/C1=C(\O)[C@H](O)[C@@H](C)N(C)C[C@H](C)C[C@@](C)(O)[C@H](O[C@@H]2O[C@H](C)C[C@H]3[C@H]2OC(CCN)N3C)[C@@H](C)[C@H](O[C@H]2C[C@@](C)(OC)[C@@H](O)[C@H](C)O2)[C@@H](C)C(=O)O1. The minimum absolute atomic E-state index is 0.0125. The van der Waals surface area contributed by atoms with E-state index < -0.39 is 90.0 Å². The second kappa shape index (κ2) is 18.4. The number of carbonyl (C=O) groups is 1. The first kappa shape index (κ1) is 45.2. The van der Waals surface area contributed by atoms with Crippen molar-refractivity contribution in [1.29, 1.82) is 0 Å². The van der Waals surface area contributed by atoms with Crippen LogP contribution in [-0.2, 0) is 38.0 Å². The number of nitrogens with two attached hydrogens (primary N) is 1. The maximum atomic E-state index is 14.1. The van der Waals surface area contributed by atoms with Gasteiger partial charge in [-0.2, -0.15) is 0 Å². The highest BCUT2D eigenvalue weighted by Crippen LogP contribution is 2.41. The highest BCUT2D eigenvalue weighted by molar-refractivity contribution is 5.74.